The lowest BCUT2D eigenvalue weighted by atomic mass is 9.82. The first-order valence-corrected chi connectivity index (χ1v) is 45.3. The molecule has 0 radical (unpaired) electrons. The summed E-state index contributed by atoms with van der Waals surface area (Å²) in [6.45, 7) is 6.84. The fourth-order valence-corrected chi connectivity index (χ4v) is 16.6. The maximum atomic E-state index is 9.89. The van der Waals surface area contributed by atoms with Crippen LogP contribution in [-0.4, -0.2) is 182 Å². The van der Waals surface area contributed by atoms with Crippen molar-refractivity contribution in [2.75, 3.05) is 138 Å². The third-order valence-corrected chi connectivity index (χ3v) is 23.7. The van der Waals surface area contributed by atoms with E-state index >= 15 is 0 Å². The van der Waals surface area contributed by atoms with Crippen LogP contribution in [0.2, 0.25) is 15.1 Å². The number of nitrogens with zero attached hydrogens (tertiary/aromatic N) is 4. The molecule has 2 fully saturated rings. The molecule has 0 spiro atoms. The predicted octanol–water partition coefficient (Wildman–Crippen LogP) is 16.9. The number of rotatable bonds is 39. The van der Waals surface area contributed by atoms with E-state index in [9.17, 15) is 10.2 Å². The molecule has 11 aromatic carbocycles. The highest BCUT2D eigenvalue weighted by Crippen LogP contribution is 2.37. The SMILES string of the molecule is NCCN(CCN)c1ccc(Cc2ccc(N(CCO)CCO)cc2)cc1.OC1CCCC(c2ccc(Cc3ccc(Cl)cc3)cc2)C1.OCCCc1ccc(C(c2ccc(Cl)cc2)c2ccc(CCCO)cc2)cc1.OCCN(CCO)c1ccc(Cc2ccc(C3CCCC(O)C3)cc2)cc1.OCCN(CCO)c1ccc(Cc2ccc(Cl)cc2)cc1. The minimum absolute atomic E-state index is 0.0689. The molecule has 0 bridgehead atoms. The van der Waals surface area contributed by atoms with Gasteiger partial charge in [-0.3, -0.25) is 0 Å². The van der Waals surface area contributed by atoms with Crippen molar-refractivity contribution in [1.82, 2.24) is 0 Å². The van der Waals surface area contributed by atoms with E-state index in [0.717, 1.165) is 141 Å². The Hall–Kier alpha value is -8.99. The van der Waals surface area contributed by atoms with Gasteiger partial charge in [0, 0.05) is 122 Å². The molecule has 2 aliphatic rings. The molecule has 11 aromatic rings. The highest BCUT2D eigenvalue weighted by molar-refractivity contribution is 6.31. The number of hydrogen-bond acceptors (Lipinski definition) is 16. The molecule has 0 heterocycles. The molecule has 4 atom stereocenters. The van der Waals surface area contributed by atoms with E-state index < -0.39 is 0 Å². The van der Waals surface area contributed by atoms with E-state index in [-0.39, 0.29) is 71.0 Å². The van der Waals surface area contributed by atoms with Gasteiger partial charge in [-0.05, 0) is 270 Å². The van der Waals surface area contributed by atoms with Crippen LogP contribution in [0.25, 0.3) is 0 Å². The highest BCUT2D eigenvalue weighted by atomic mass is 35.5. The van der Waals surface area contributed by atoms with Crippen molar-refractivity contribution < 1.29 is 51.1 Å². The molecule has 4 unspecified atom stereocenters. The van der Waals surface area contributed by atoms with Gasteiger partial charge in [-0.15, -0.1) is 0 Å². The third-order valence-electron chi connectivity index (χ3n) is 23.0. The molecule has 662 valence electrons. The second kappa shape index (κ2) is 55.5. The summed E-state index contributed by atoms with van der Waals surface area (Å²) in [7, 11) is 0. The van der Waals surface area contributed by atoms with Crippen molar-refractivity contribution >= 4 is 57.6 Å². The van der Waals surface area contributed by atoms with Crippen LogP contribution in [0.15, 0.2) is 267 Å². The summed E-state index contributed by atoms with van der Waals surface area (Å²) in [6.07, 6.45) is 15.0. The zero-order valence-corrected chi connectivity index (χ0v) is 74.1. The van der Waals surface area contributed by atoms with Crippen LogP contribution >= 0.6 is 34.8 Å². The first-order chi connectivity index (χ1) is 60.5. The van der Waals surface area contributed by atoms with E-state index in [0.29, 0.717) is 64.2 Å². The summed E-state index contributed by atoms with van der Waals surface area (Å²) in [5, 5.41) is 94.8. The lowest BCUT2D eigenvalue weighted by Gasteiger charge is -2.26. The van der Waals surface area contributed by atoms with Gasteiger partial charge in [0.1, 0.15) is 0 Å². The second-order valence-corrected chi connectivity index (χ2v) is 33.4. The predicted molar refractivity (Wildman–Crippen MR) is 513 cm³/mol. The zero-order valence-electron chi connectivity index (χ0n) is 71.9. The Labute approximate surface area is 751 Å². The molecule has 124 heavy (non-hydrogen) atoms. The molecule has 0 aromatic heterocycles. The smallest absolute Gasteiger partial charge is 0.0606 e. The lowest BCUT2D eigenvalue weighted by molar-refractivity contribution is 0.119. The Morgan fingerprint density at radius 2 is 0.484 bits per heavy atom. The monoisotopic (exact) mass is 1740 g/mol. The van der Waals surface area contributed by atoms with Crippen molar-refractivity contribution in [1.29, 1.82) is 0 Å². The molecule has 19 heteroatoms. The second-order valence-electron chi connectivity index (χ2n) is 32.1. The van der Waals surface area contributed by atoms with Crippen LogP contribution in [0.1, 0.15) is 165 Å². The zero-order chi connectivity index (χ0) is 88.1. The van der Waals surface area contributed by atoms with Crippen LogP contribution in [0, 0.1) is 0 Å². The van der Waals surface area contributed by atoms with Crippen molar-refractivity contribution in [2.24, 2.45) is 11.5 Å². The number of benzene rings is 11. The van der Waals surface area contributed by atoms with Gasteiger partial charge >= 0.3 is 0 Å². The Kier molecular flexibility index (Phi) is 44.2. The van der Waals surface area contributed by atoms with Gasteiger partial charge in [-0.25, -0.2) is 0 Å². The van der Waals surface area contributed by atoms with Crippen molar-refractivity contribution in [3.05, 3.63) is 365 Å². The topological polar surface area (TPSA) is 267 Å². The first-order valence-electron chi connectivity index (χ1n) is 44.1. The first kappa shape index (κ1) is 98.8. The lowest BCUT2D eigenvalue weighted by Crippen LogP contribution is -2.33. The molecular formula is C105H131Cl3N6O10. The Bertz CT molecular complexity index is 4300. The van der Waals surface area contributed by atoms with E-state index in [1.54, 1.807) is 0 Å². The molecule has 14 N–H and O–H groups in total. The molecule has 0 saturated heterocycles. The van der Waals surface area contributed by atoms with Crippen LogP contribution < -0.4 is 31.1 Å². The van der Waals surface area contributed by atoms with Gasteiger partial charge < -0.3 is 82.1 Å². The average molecular weight is 1740 g/mol. The summed E-state index contributed by atoms with van der Waals surface area (Å²) in [5.74, 6) is 1.15. The molecule has 0 aliphatic heterocycles. The Morgan fingerprint density at radius 1 is 0.266 bits per heavy atom. The maximum absolute atomic E-state index is 9.89. The van der Waals surface area contributed by atoms with Crippen LogP contribution in [0.5, 0.6) is 0 Å². The minimum Gasteiger partial charge on any atom is -0.396 e. The number of aliphatic hydroxyl groups excluding tert-OH is 10. The molecule has 2 aliphatic carbocycles. The van der Waals surface area contributed by atoms with Crippen molar-refractivity contribution in [3.63, 3.8) is 0 Å². The Balaban J connectivity index is 0.000000176. The van der Waals surface area contributed by atoms with Crippen LogP contribution in [-0.2, 0) is 38.5 Å². The summed E-state index contributed by atoms with van der Waals surface area (Å²) < 4.78 is 0. The fourth-order valence-electron chi connectivity index (χ4n) is 16.3. The average Bonchev–Trinajstić information content (AvgIpc) is 0.807. The number of hydrogen-bond donors (Lipinski definition) is 12. The van der Waals surface area contributed by atoms with Gasteiger partial charge in [-0.2, -0.15) is 0 Å². The fraction of sp³-hybridized carbons (Fsp3) is 0.371. The molecule has 16 nitrogen and oxygen atoms in total. The van der Waals surface area contributed by atoms with Gasteiger partial charge in [0.05, 0.1) is 51.8 Å². The summed E-state index contributed by atoms with van der Waals surface area (Å²) in [5.41, 5.74) is 34.5. The van der Waals surface area contributed by atoms with Gasteiger partial charge in [0.25, 0.3) is 0 Å². The van der Waals surface area contributed by atoms with Gasteiger partial charge in [0.2, 0.25) is 0 Å². The summed E-state index contributed by atoms with van der Waals surface area (Å²) in [6, 6.07) is 92.4. The summed E-state index contributed by atoms with van der Waals surface area (Å²) >= 11 is 17.9. The van der Waals surface area contributed by atoms with Gasteiger partial charge in [-0.1, -0.05) is 230 Å². The van der Waals surface area contributed by atoms with E-state index in [2.05, 4.69) is 199 Å². The normalized spacial score (nSPS) is 14.7. The largest absolute Gasteiger partial charge is 0.396 e. The number of aryl methyl sites for hydroxylation is 2. The number of halogens is 3. The quantitative estimate of drug-likeness (QED) is 0.0160. The number of aliphatic hydroxyl groups is 10. The number of nitrogens with two attached hydrogens (primary N) is 2. The molecule has 2 saturated carbocycles. The molecule has 0 amide bonds. The van der Waals surface area contributed by atoms with Crippen LogP contribution in [0.3, 0.4) is 0 Å². The maximum Gasteiger partial charge on any atom is 0.0606 e. The van der Waals surface area contributed by atoms with Gasteiger partial charge in [0.15, 0.2) is 0 Å². The van der Waals surface area contributed by atoms with Crippen molar-refractivity contribution in [2.45, 2.75) is 133 Å². The minimum atomic E-state index is -0.141. The van der Waals surface area contributed by atoms with E-state index in [4.69, 9.17) is 87.1 Å². The van der Waals surface area contributed by atoms with Crippen molar-refractivity contribution in [3.8, 4) is 0 Å². The standard InChI is InChI=1S/C25H27ClO2.C23H31NO3.C21H32N4O2.C19H21ClO.C17H20ClNO2/c26-24-15-13-23(14-16-24)25(21-9-5-19(6-10-21)3-1-17-27)22-11-7-20(8-12-22)4-2-18-28;25-14-12-24(13-15-26)22-10-6-19(7-11-22)16-18-4-8-20(9-5-18)21-2-1-3-23(27)17-21;22-9-11-24(12-10-23)20-5-1-18(2-6-20)17-19-3-7-21(8-4-19)25(13-15-26)14-16-27;20-18-10-6-15(7-11-18)12-14-4-8-16(9-5-14)17-2-1-3-19(21)13-17;18-16-5-1-14(2-6-16)13-15-3-7-17(8-4-15)19(9-11-20)10-12-21/h5-16,25,27-28H,1-4,17-18H2;4-11,21,23,25-27H,1-3,12-17H2;1-8,26-27H,9-17,22-23H2;4-11,17,19,21H,1-3,12-13H2;1-8,20-21H,9-13H2. The Morgan fingerprint density at radius 3 is 0.718 bits per heavy atom. The third kappa shape index (κ3) is 33.7. The highest BCUT2D eigenvalue weighted by Gasteiger charge is 2.24. The van der Waals surface area contributed by atoms with E-state index in [1.807, 2.05) is 87.5 Å². The molecule has 13 rings (SSSR count). The number of anilines is 4. The summed E-state index contributed by atoms with van der Waals surface area (Å²) in [4.78, 5) is 8.13. The van der Waals surface area contributed by atoms with Crippen LogP contribution in [0.4, 0.5) is 22.7 Å². The van der Waals surface area contributed by atoms with E-state index in [1.165, 1.54) is 96.3 Å². The molecular weight excluding hydrogens is 1610 g/mol.